The molecule has 0 fully saturated rings. The van der Waals surface area contributed by atoms with E-state index >= 15 is 0 Å². The van der Waals surface area contributed by atoms with E-state index in [1.165, 1.54) is 11.3 Å². The van der Waals surface area contributed by atoms with E-state index in [4.69, 9.17) is 0 Å². The molecule has 0 saturated carbocycles. The molecule has 0 aliphatic carbocycles. The van der Waals surface area contributed by atoms with Crippen molar-refractivity contribution in [2.75, 3.05) is 0 Å². The molecule has 3 heterocycles. The van der Waals surface area contributed by atoms with Gasteiger partial charge in [-0.3, -0.25) is 14.2 Å². The van der Waals surface area contributed by atoms with Crippen molar-refractivity contribution in [3.05, 3.63) is 58.2 Å². The summed E-state index contributed by atoms with van der Waals surface area (Å²) < 4.78 is 5.94. The standard InChI is InChI=1S/C12H4Br2N2O4S2/c13-7-3-1-5(21-7)11(17)9-10(16(19)20-15-9)12(18)6-2-4-8(14)22-6/h1-4H. The van der Waals surface area contributed by atoms with Crippen molar-refractivity contribution < 1.29 is 19.1 Å². The van der Waals surface area contributed by atoms with Gasteiger partial charge in [-0.1, -0.05) is 0 Å². The molecule has 10 heteroatoms. The molecule has 0 atom stereocenters. The van der Waals surface area contributed by atoms with E-state index < -0.39 is 17.3 Å². The van der Waals surface area contributed by atoms with Gasteiger partial charge in [0, 0.05) is 0 Å². The monoisotopic (exact) mass is 462 g/mol. The Hall–Kier alpha value is -1.36. The maximum absolute atomic E-state index is 12.4. The van der Waals surface area contributed by atoms with E-state index in [-0.39, 0.29) is 10.6 Å². The Morgan fingerprint density at radius 2 is 1.59 bits per heavy atom. The third-order valence-electron chi connectivity index (χ3n) is 2.64. The molecule has 112 valence electrons. The minimum atomic E-state index is -0.606. The van der Waals surface area contributed by atoms with Crippen LogP contribution in [-0.2, 0) is 0 Å². The van der Waals surface area contributed by atoms with Gasteiger partial charge in [0.1, 0.15) is 0 Å². The van der Waals surface area contributed by atoms with Crippen LogP contribution in [0.3, 0.4) is 0 Å². The summed E-state index contributed by atoms with van der Waals surface area (Å²) in [5, 5.41) is 15.1. The van der Waals surface area contributed by atoms with Crippen molar-refractivity contribution in [3.8, 4) is 0 Å². The van der Waals surface area contributed by atoms with Crippen molar-refractivity contribution in [1.29, 1.82) is 0 Å². The number of aromatic nitrogens is 2. The van der Waals surface area contributed by atoms with Crippen LogP contribution in [0.5, 0.6) is 0 Å². The summed E-state index contributed by atoms with van der Waals surface area (Å²) in [5.74, 6) is -1.14. The van der Waals surface area contributed by atoms with Crippen LogP contribution in [0.25, 0.3) is 0 Å². The molecular formula is C12H4Br2N2O4S2. The lowest BCUT2D eigenvalue weighted by Crippen LogP contribution is -2.32. The van der Waals surface area contributed by atoms with Crippen LogP contribution in [0.4, 0.5) is 0 Å². The highest BCUT2D eigenvalue weighted by Crippen LogP contribution is 2.27. The summed E-state index contributed by atoms with van der Waals surface area (Å²) in [6, 6.07) is 6.51. The first kappa shape index (κ1) is 15.5. The molecule has 3 aromatic rings. The largest absolute Gasteiger partial charge is 0.359 e. The second kappa shape index (κ2) is 6.03. The van der Waals surface area contributed by atoms with Gasteiger partial charge in [0.15, 0.2) is 0 Å². The number of carbonyl (C=O) groups is 2. The molecule has 0 amide bonds. The van der Waals surface area contributed by atoms with Crippen LogP contribution < -0.4 is 4.90 Å². The van der Waals surface area contributed by atoms with Crippen LogP contribution in [0.2, 0.25) is 0 Å². The Labute approximate surface area is 148 Å². The highest BCUT2D eigenvalue weighted by atomic mass is 79.9. The predicted octanol–water partition coefficient (Wildman–Crippen LogP) is 3.42. The second-order valence-electron chi connectivity index (χ2n) is 3.99. The highest BCUT2D eigenvalue weighted by molar-refractivity contribution is 9.11. The van der Waals surface area contributed by atoms with E-state index in [0.29, 0.717) is 9.75 Å². The van der Waals surface area contributed by atoms with Crippen LogP contribution in [0, 0.1) is 5.21 Å². The van der Waals surface area contributed by atoms with Gasteiger partial charge < -0.3 is 5.21 Å². The maximum Gasteiger partial charge on any atom is 0.301 e. The number of carbonyl (C=O) groups excluding carboxylic acids is 2. The summed E-state index contributed by atoms with van der Waals surface area (Å²) in [6.07, 6.45) is 0. The van der Waals surface area contributed by atoms with Crippen LogP contribution in [0.1, 0.15) is 30.7 Å². The molecule has 6 nitrogen and oxygen atoms in total. The fraction of sp³-hybridized carbons (Fsp3) is 0. The van der Waals surface area contributed by atoms with Crippen molar-refractivity contribution in [2.24, 2.45) is 0 Å². The Bertz CT molecular complexity index is 883. The molecule has 0 N–H and O–H groups in total. The summed E-state index contributed by atoms with van der Waals surface area (Å²) in [5.41, 5.74) is -0.706. The number of nitrogens with zero attached hydrogens (tertiary/aromatic N) is 2. The van der Waals surface area contributed by atoms with E-state index in [0.717, 1.165) is 18.9 Å². The minimum Gasteiger partial charge on any atom is -0.359 e. The molecule has 0 aromatic carbocycles. The smallest absolute Gasteiger partial charge is 0.301 e. The first-order valence-corrected chi connectivity index (χ1v) is 8.89. The normalized spacial score (nSPS) is 10.8. The number of ketones is 2. The van der Waals surface area contributed by atoms with Crippen molar-refractivity contribution in [1.82, 2.24) is 5.16 Å². The maximum atomic E-state index is 12.4. The zero-order valence-corrected chi connectivity index (χ0v) is 15.2. The minimum absolute atomic E-state index is 0.0359. The Morgan fingerprint density at radius 3 is 2.09 bits per heavy atom. The molecule has 0 saturated heterocycles. The summed E-state index contributed by atoms with van der Waals surface area (Å²) in [7, 11) is 0. The summed E-state index contributed by atoms with van der Waals surface area (Å²) in [6.45, 7) is 0. The van der Waals surface area contributed by atoms with Gasteiger partial charge in [-0.2, -0.15) is 0 Å². The summed E-state index contributed by atoms with van der Waals surface area (Å²) >= 11 is 8.82. The number of thiophene rings is 2. The van der Waals surface area contributed by atoms with Gasteiger partial charge in [0.25, 0.3) is 17.3 Å². The molecule has 0 bridgehead atoms. The SMILES string of the molecule is O=C(c1ccc(Br)s1)c1no[n+]([O-])c1C(=O)c1ccc(Br)s1. The molecule has 0 aliphatic rings. The van der Waals surface area contributed by atoms with E-state index in [1.807, 2.05) is 0 Å². The van der Waals surface area contributed by atoms with Crippen LogP contribution in [0.15, 0.2) is 36.5 Å². The lowest BCUT2D eigenvalue weighted by atomic mass is 10.1. The first-order chi connectivity index (χ1) is 10.5. The third kappa shape index (κ3) is 2.78. The van der Waals surface area contributed by atoms with E-state index in [9.17, 15) is 14.8 Å². The zero-order chi connectivity index (χ0) is 15.9. The van der Waals surface area contributed by atoms with Gasteiger partial charge >= 0.3 is 5.69 Å². The average Bonchev–Trinajstić information content (AvgIpc) is 3.18. The van der Waals surface area contributed by atoms with Gasteiger partial charge in [-0.15, -0.1) is 22.7 Å². The van der Waals surface area contributed by atoms with Crippen LogP contribution in [-0.4, -0.2) is 16.7 Å². The van der Waals surface area contributed by atoms with Crippen molar-refractivity contribution in [2.45, 2.75) is 0 Å². The molecule has 3 aromatic heterocycles. The Balaban J connectivity index is 2.04. The predicted molar refractivity (Wildman–Crippen MR) is 86.4 cm³/mol. The zero-order valence-electron chi connectivity index (χ0n) is 10.4. The fourth-order valence-electron chi connectivity index (χ4n) is 1.69. The highest BCUT2D eigenvalue weighted by Gasteiger charge is 2.34. The second-order valence-corrected chi connectivity index (χ2v) is 8.92. The number of hydrogen-bond acceptors (Lipinski definition) is 7. The molecule has 3 rings (SSSR count). The molecule has 0 aliphatic heterocycles. The van der Waals surface area contributed by atoms with Crippen molar-refractivity contribution in [3.63, 3.8) is 0 Å². The quantitative estimate of drug-likeness (QED) is 0.437. The number of rotatable bonds is 4. The number of hydrogen-bond donors (Lipinski definition) is 0. The van der Waals surface area contributed by atoms with Gasteiger partial charge in [0.2, 0.25) is 0 Å². The average molecular weight is 464 g/mol. The summed E-state index contributed by atoms with van der Waals surface area (Å²) in [4.78, 5) is 25.4. The third-order valence-corrected chi connectivity index (χ3v) is 5.88. The molecule has 22 heavy (non-hydrogen) atoms. The van der Waals surface area contributed by atoms with Gasteiger partial charge in [-0.25, -0.2) is 0 Å². The first-order valence-electron chi connectivity index (χ1n) is 5.67. The van der Waals surface area contributed by atoms with E-state index in [2.05, 4.69) is 41.6 Å². The topological polar surface area (TPSA) is 87.1 Å². The molecular weight excluding hydrogens is 460 g/mol. The lowest BCUT2D eigenvalue weighted by molar-refractivity contribution is -0.803. The Kier molecular flexibility index (Phi) is 4.26. The van der Waals surface area contributed by atoms with Crippen molar-refractivity contribution >= 4 is 66.1 Å². The van der Waals surface area contributed by atoms with Crippen LogP contribution >= 0.6 is 54.5 Å². The van der Waals surface area contributed by atoms with E-state index in [1.54, 1.807) is 24.3 Å². The lowest BCUT2D eigenvalue weighted by Gasteiger charge is -1.95. The Morgan fingerprint density at radius 1 is 1.05 bits per heavy atom. The number of halogens is 2. The molecule has 0 spiro atoms. The van der Waals surface area contributed by atoms with Gasteiger partial charge in [0.05, 0.1) is 22.5 Å². The fourth-order valence-corrected chi connectivity index (χ4v) is 4.35. The molecule has 0 unspecified atom stereocenters. The van der Waals surface area contributed by atoms with Gasteiger partial charge in [-0.05, 0) is 61.0 Å². The molecule has 0 radical (unpaired) electrons.